The predicted molar refractivity (Wildman–Crippen MR) is 204 cm³/mol. The number of nitrogens with one attached hydrogen (secondary N) is 1. The molecular formula is C39H47F5N8O7. The molecule has 20 heteroatoms. The number of aromatic nitrogens is 5. The van der Waals surface area contributed by atoms with Crippen LogP contribution >= 0.6 is 0 Å². The van der Waals surface area contributed by atoms with E-state index in [1.54, 1.807) is 67.2 Å². The van der Waals surface area contributed by atoms with Gasteiger partial charge < -0.3 is 34.1 Å². The number of alkyl carbamates (subject to hydrolysis) is 1. The Hall–Kier alpha value is -5.66. The quantitative estimate of drug-likeness (QED) is 0.102. The molecule has 4 heterocycles. The lowest BCUT2D eigenvalue weighted by atomic mass is 9.83. The van der Waals surface area contributed by atoms with Crippen molar-refractivity contribution in [1.29, 1.82) is 0 Å². The molecule has 1 aliphatic rings. The number of carbonyl (C=O) groups excluding carboxylic acids is 3. The standard InChI is InChI=1S/C39H47F5N8O7/c1-36(2,3)57-33(54)49-39(29(53)30(43)44)13-10-14-50(18-39)25-16-45-24(22-11-12-23(40)27(42)26(22)41)15-21(25)17-51-20-48-28-31(51)46-19-47-32(28)52(34(55)58-37(4,5)6)35(56)59-38(7,8)9/h11-12,15-16,19-20,29-30,53H,10,13-14,17-18H2,1-9H3,(H,49,54). The Labute approximate surface area is 336 Å². The number of nitrogens with zero attached hydrogens (tertiary/aromatic N) is 7. The van der Waals surface area contributed by atoms with Crippen molar-refractivity contribution in [2.45, 2.75) is 117 Å². The number of imide groups is 1. The average molecular weight is 835 g/mol. The molecular weight excluding hydrogens is 787 g/mol. The summed E-state index contributed by atoms with van der Waals surface area (Å²) < 4.78 is 90.0. The number of amides is 3. The molecule has 5 rings (SSSR count). The van der Waals surface area contributed by atoms with Gasteiger partial charge in [0.2, 0.25) is 0 Å². The molecule has 3 aromatic heterocycles. The zero-order valence-corrected chi connectivity index (χ0v) is 34.1. The van der Waals surface area contributed by atoms with Crippen molar-refractivity contribution < 1.29 is 55.7 Å². The highest BCUT2D eigenvalue weighted by Gasteiger charge is 2.48. The van der Waals surface area contributed by atoms with E-state index in [9.17, 15) is 37.1 Å². The van der Waals surface area contributed by atoms with Crippen LogP contribution in [0, 0.1) is 17.5 Å². The van der Waals surface area contributed by atoms with E-state index in [2.05, 4.69) is 25.3 Å². The topological polar surface area (TPSA) is 174 Å². The van der Waals surface area contributed by atoms with Gasteiger partial charge in [-0.05, 0) is 98.9 Å². The number of alkyl halides is 2. The third kappa shape index (κ3) is 10.3. The summed E-state index contributed by atoms with van der Waals surface area (Å²) in [5.74, 6) is -4.94. The van der Waals surface area contributed by atoms with Gasteiger partial charge in [-0.25, -0.2) is 51.3 Å². The van der Waals surface area contributed by atoms with Crippen LogP contribution in [0.4, 0.5) is 47.8 Å². The number of fused-ring (bicyclic) bond motifs is 1. The number of aliphatic hydroxyl groups excluding tert-OH is 1. The van der Waals surface area contributed by atoms with E-state index < -0.39 is 76.2 Å². The summed E-state index contributed by atoms with van der Waals surface area (Å²) in [5.41, 5.74) is -4.95. The smallest absolute Gasteiger partial charge is 0.425 e. The molecule has 3 amide bonds. The lowest BCUT2D eigenvalue weighted by molar-refractivity contribution is -0.0664. The Morgan fingerprint density at radius 3 is 2.12 bits per heavy atom. The molecule has 2 unspecified atom stereocenters. The lowest BCUT2D eigenvalue weighted by Gasteiger charge is -2.46. The predicted octanol–water partition coefficient (Wildman–Crippen LogP) is 7.52. The van der Waals surface area contributed by atoms with Crippen molar-refractivity contribution in [3.05, 3.63) is 60.1 Å². The van der Waals surface area contributed by atoms with Crippen molar-refractivity contribution in [3.63, 3.8) is 0 Å². The van der Waals surface area contributed by atoms with E-state index in [1.807, 2.05) is 0 Å². The summed E-state index contributed by atoms with van der Waals surface area (Å²) in [5, 5.41) is 13.4. The van der Waals surface area contributed by atoms with Crippen LogP contribution in [0.3, 0.4) is 0 Å². The van der Waals surface area contributed by atoms with Gasteiger partial charge in [-0.3, -0.25) is 4.98 Å². The molecule has 1 fully saturated rings. The summed E-state index contributed by atoms with van der Waals surface area (Å²) in [4.78, 5) is 59.4. The minimum atomic E-state index is -3.27. The van der Waals surface area contributed by atoms with Crippen LogP contribution in [-0.2, 0) is 20.8 Å². The van der Waals surface area contributed by atoms with Gasteiger partial charge in [0, 0.05) is 18.7 Å². The molecule has 2 atom stereocenters. The van der Waals surface area contributed by atoms with Crippen LogP contribution < -0.4 is 15.1 Å². The Morgan fingerprint density at radius 2 is 1.53 bits per heavy atom. The molecule has 59 heavy (non-hydrogen) atoms. The van der Waals surface area contributed by atoms with Crippen molar-refractivity contribution >= 4 is 40.9 Å². The Morgan fingerprint density at radius 1 is 0.898 bits per heavy atom. The summed E-state index contributed by atoms with van der Waals surface area (Å²) in [7, 11) is 0. The summed E-state index contributed by atoms with van der Waals surface area (Å²) in [6.45, 7) is 14.0. The fourth-order valence-electron chi connectivity index (χ4n) is 6.42. The van der Waals surface area contributed by atoms with Gasteiger partial charge in [-0.2, -0.15) is 4.90 Å². The first kappa shape index (κ1) is 44.4. The van der Waals surface area contributed by atoms with Gasteiger partial charge in [0.15, 0.2) is 34.4 Å². The number of rotatable bonds is 8. The van der Waals surface area contributed by atoms with Crippen LogP contribution in [0.2, 0.25) is 0 Å². The normalized spacial score (nSPS) is 16.8. The molecule has 0 aliphatic carbocycles. The third-order valence-electron chi connectivity index (χ3n) is 8.78. The fraction of sp³-hybridized carbons (Fsp3) is 0.513. The first-order chi connectivity index (χ1) is 27.3. The van der Waals surface area contributed by atoms with E-state index in [1.165, 1.54) is 23.2 Å². The number of piperidine rings is 1. The minimum Gasteiger partial charge on any atom is -0.444 e. The molecule has 4 aromatic rings. The monoisotopic (exact) mass is 834 g/mol. The molecule has 1 saturated heterocycles. The highest BCUT2D eigenvalue weighted by molar-refractivity contribution is 6.12. The van der Waals surface area contributed by atoms with Gasteiger partial charge in [-0.1, -0.05) is 0 Å². The maximum Gasteiger partial charge on any atom is 0.425 e. The first-order valence-electron chi connectivity index (χ1n) is 18.6. The van der Waals surface area contributed by atoms with Crippen molar-refractivity contribution in [2.24, 2.45) is 0 Å². The van der Waals surface area contributed by atoms with Crippen LogP contribution in [0.25, 0.3) is 22.4 Å². The molecule has 1 aliphatic heterocycles. The summed E-state index contributed by atoms with van der Waals surface area (Å²) >= 11 is 0. The number of hydrogen-bond donors (Lipinski definition) is 2. The van der Waals surface area contributed by atoms with E-state index in [-0.39, 0.29) is 66.4 Å². The Bertz CT molecular complexity index is 2190. The summed E-state index contributed by atoms with van der Waals surface area (Å²) in [6, 6.07) is 3.11. The number of ether oxygens (including phenoxy) is 3. The third-order valence-corrected chi connectivity index (χ3v) is 8.78. The molecule has 320 valence electrons. The zero-order valence-electron chi connectivity index (χ0n) is 34.1. The number of carbonyl (C=O) groups is 3. The van der Waals surface area contributed by atoms with Crippen molar-refractivity contribution in [3.8, 4) is 11.3 Å². The number of benzene rings is 1. The molecule has 2 N–H and O–H groups in total. The van der Waals surface area contributed by atoms with Gasteiger partial charge in [0.1, 0.15) is 29.2 Å². The largest absolute Gasteiger partial charge is 0.444 e. The molecule has 0 radical (unpaired) electrons. The van der Waals surface area contributed by atoms with E-state index in [0.29, 0.717) is 4.90 Å². The van der Waals surface area contributed by atoms with Gasteiger partial charge in [-0.15, -0.1) is 0 Å². The van der Waals surface area contributed by atoms with Crippen LogP contribution in [0.1, 0.15) is 80.7 Å². The van der Waals surface area contributed by atoms with Crippen LogP contribution in [-0.4, -0.2) is 95.9 Å². The second-order valence-electron chi connectivity index (χ2n) is 17.0. The van der Waals surface area contributed by atoms with Gasteiger partial charge in [0.25, 0.3) is 6.43 Å². The van der Waals surface area contributed by atoms with E-state index >= 15 is 4.39 Å². The van der Waals surface area contributed by atoms with Crippen molar-refractivity contribution in [2.75, 3.05) is 22.9 Å². The number of halogens is 5. The van der Waals surface area contributed by atoms with Crippen LogP contribution in [0.15, 0.2) is 37.1 Å². The number of imidazole rings is 1. The number of aliphatic hydroxyl groups is 1. The Balaban J connectivity index is 1.64. The lowest BCUT2D eigenvalue weighted by Crippen LogP contribution is -2.67. The summed E-state index contributed by atoms with van der Waals surface area (Å²) in [6.07, 6.45) is -5.10. The minimum absolute atomic E-state index is 0.0506. The fourth-order valence-corrected chi connectivity index (χ4v) is 6.42. The highest BCUT2D eigenvalue weighted by Crippen LogP contribution is 2.36. The van der Waals surface area contributed by atoms with Crippen LogP contribution in [0.5, 0.6) is 0 Å². The van der Waals surface area contributed by atoms with Gasteiger partial charge >= 0.3 is 18.3 Å². The van der Waals surface area contributed by atoms with Crippen molar-refractivity contribution in [1.82, 2.24) is 29.8 Å². The van der Waals surface area contributed by atoms with Gasteiger partial charge in [0.05, 0.1) is 36.0 Å². The van der Waals surface area contributed by atoms with E-state index in [4.69, 9.17) is 14.2 Å². The highest BCUT2D eigenvalue weighted by atomic mass is 19.3. The molecule has 15 nitrogen and oxygen atoms in total. The second kappa shape index (κ2) is 16.5. The number of anilines is 2. The Kier molecular flexibility index (Phi) is 12.5. The first-order valence-corrected chi connectivity index (χ1v) is 18.6. The maximum atomic E-state index is 15.2. The average Bonchev–Trinajstić information content (AvgIpc) is 3.51. The molecule has 0 saturated carbocycles. The number of pyridine rings is 1. The zero-order chi connectivity index (χ0) is 43.8. The van der Waals surface area contributed by atoms with E-state index in [0.717, 1.165) is 18.5 Å². The molecule has 0 spiro atoms. The SMILES string of the molecule is CC(C)(C)OC(=O)NC1(C(O)C(F)F)CCCN(c2cnc(-c3ccc(F)c(F)c3F)cc2Cn2cnc3c(N(C(=O)OC(C)(C)C)C(=O)OC(C)(C)C)ncnc32)C1. The maximum absolute atomic E-state index is 15.2. The molecule has 0 bridgehead atoms. The second-order valence-corrected chi connectivity index (χ2v) is 17.0. The molecule has 1 aromatic carbocycles. The number of hydrogen-bond acceptors (Lipinski definition) is 12.